The normalized spacial score (nSPS) is 17.2. The first-order chi connectivity index (χ1) is 12.1. The third-order valence-electron chi connectivity index (χ3n) is 4.12. The molecule has 1 aromatic carbocycles. The van der Waals surface area contributed by atoms with Crippen LogP contribution in [0.15, 0.2) is 24.4 Å². The summed E-state index contributed by atoms with van der Waals surface area (Å²) in [5, 5.41) is 1.02. The second-order valence-corrected chi connectivity index (χ2v) is 6.31. The Labute approximate surface area is 146 Å². The van der Waals surface area contributed by atoms with Gasteiger partial charge in [-0.15, -0.1) is 0 Å². The molecule has 0 bridgehead atoms. The fraction of sp³-hybridized carbons (Fsp3) is 0.500. The van der Waals surface area contributed by atoms with Crippen LogP contribution in [-0.4, -0.2) is 62.8 Å². The monoisotopic (exact) mass is 348 g/mol. The van der Waals surface area contributed by atoms with Crippen molar-refractivity contribution >= 4 is 17.1 Å². The summed E-state index contributed by atoms with van der Waals surface area (Å²) in [6, 6.07) is 5.77. The third kappa shape index (κ3) is 4.64. The molecule has 0 amide bonds. The van der Waals surface area contributed by atoms with Crippen LogP contribution in [0.25, 0.3) is 10.9 Å². The molecule has 1 aliphatic rings. The van der Waals surface area contributed by atoms with E-state index in [1.54, 1.807) is 0 Å². The van der Waals surface area contributed by atoms with Crippen molar-refractivity contribution in [2.24, 2.45) is 0 Å². The third-order valence-corrected chi connectivity index (χ3v) is 4.12. The van der Waals surface area contributed by atoms with Crippen molar-refractivity contribution in [3.8, 4) is 5.75 Å². The highest BCUT2D eigenvalue weighted by atomic mass is 16.8. The molecule has 7 nitrogen and oxygen atoms in total. The van der Waals surface area contributed by atoms with Crippen LogP contribution in [0.3, 0.4) is 0 Å². The van der Waals surface area contributed by atoms with Crippen molar-refractivity contribution < 1.29 is 23.7 Å². The van der Waals surface area contributed by atoms with E-state index in [-0.39, 0.29) is 12.9 Å². The van der Waals surface area contributed by atoms with Gasteiger partial charge in [-0.2, -0.15) is 0 Å². The quantitative estimate of drug-likeness (QED) is 0.612. The number of fused-ring (bicyclic) bond motifs is 1. The predicted molar refractivity (Wildman–Crippen MR) is 92.8 cm³/mol. The second kappa shape index (κ2) is 8.22. The highest BCUT2D eigenvalue weighted by molar-refractivity contribution is 5.89. The van der Waals surface area contributed by atoms with Gasteiger partial charge in [0.2, 0.25) is 6.79 Å². The fourth-order valence-corrected chi connectivity index (χ4v) is 2.80. The minimum atomic E-state index is -0.732. The van der Waals surface area contributed by atoms with Gasteiger partial charge in [-0.3, -0.25) is 0 Å². The second-order valence-electron chi connectivity index (χ2n) is 6.31. The van der Waals surface area contributed by atoms with Gasteiger partial charge in [-0.25, -0.2) is 4.79 Å². The Morgan fingerprint density at radius 3 is 3.04 bits per heavy atom. The van der Waals surface area contributed by atoms with Gasteiger partial charge in [-0.05, 0) is 38.2 Å². The van der Waals surface area contributed by atoms with E-state index in [9.17, 15) is 4.79 Å². The molecule has 1 atom stereocenters. The minimum Gasteiger partial charge on any atom is -0.457 e. The van der Waals surface area contributed by atoms with Gasteiger partial charge in [-0.1, -0.05) is 6.07 Å². The van der Waals surface area contributed by atoms with Gasteiger partial charge in [0.1, 0.15) is 11.9 Å². The lowest BCUT2D eigenvalue weighted by atomic mass is 10.1. The van der Waals surface area contributed by atoms with Crippen molar-refractivity contribution in [2.75, 3.05) is 40.6 Å². The number of hydrogen-bond acceptors (Lipinski definition) is 6. The average molecular weight is 348 g/mol. The summed E-state index contributed by atoms with van der Waals surface area (Å²) in [4.78, 5) is 17.0. The molecule has 2 aromatic rings. The lowest BCUT2D eigenvalue weighted by Crippen LogP contribution is -2.20. The Bertz CT molecular complexity index is 707. The van der Waals surface area contributed by atoms with Crippen molar-refractivity contribution in [3.05, 3.63) is 30.0 Å². The fourth-order valence-electron chi connectivity index (χ4n) is 2.80. The average Bonchev–Trinajstić information content (AvgIpc) is 3.23. The van der Waals surface area contributed by atoms with E-state index in [2.05, 4.69) is 9.88 Å². The maximum atomic E-state index is 11.7. The first-order valence-electron chi connectivity index (χ1n) is 8.41. The van der Waals surface area contributed by atoms with Gasteiger partial charge in [0, 0.05) is 30.1 Å². The summed E-state index contributed by atoms with van der Waals surface area (Å²) >= 11 is 0. The molecule has 1 N–H and O–H groups in total. The van der Waals surface area contributed by atoms with Gasteiger partial charge in [0.15, 0.2) is 0 Å². The van der Waals surface area contributed by atoms with Gasteiger partial charge >= 0.3 is 6.16 Å². The van der Waals surface area contributed by atoms with Crippen LogP contribution in [0.1, 0.15) is 12.0 Å². The molecular formula is C18H24N2O5. The highest BCUT2D eigenvalue weighted by Crippen LogP contribution is 2.29. The molecule has 0 aliphatic carbocycles. The molecule has 1 aliphatic heterocycles. The molecule has 1 saturated heterocycles. The maximum absolute atomic E-state index is 11.7. The van der Waals surface area contributed by atoms with E-state index in [0.29, 0.717) is 25.4 Å². The summed E-state index contributed by atoms with van der Waals surface area (Å²) in [6.45, 7) is 1.78. The molecule has 0 saturated carbocycles. The molecule has 3 rings (SSSR count). The number of carbonyl (C=O) groups excluding carboxylic acids is 1. The number of benzene rings is 1. The highest BCUT2D eigenvalue weighted by Gasteiger charge is 2.21. The summed E-state index contributed by atoms with van der Waals surface area (Å²) in [5.74, 6) is 0.685. The number of nitrogens with zero attached hydrogens (tertiary/aromatic N) is 1. The van der Waals surface area contributed by atoms with Crippen molar-refractivity contribution in [1.82, 2.24) is 9.88 Å². The topological polar surface area (TPSA) is 73.0 Å². The summed E-state index contributed by atoms with van der Waals surface area (Å²) in [5.41, 5.74) is 2.17. The minimum absolute atomic E-state index is 0.191. The number of hydrogen-bond donors (Lipinski definition) is 1. The molecule has 136 valence electrons. The molecule has 7 heteroatoms. The van der Waals surface area contributed by atoms with Crippen LogP contribution >= 0.6 is 0 Å². The number of nitrogens with one attached hydrogen (secondary N) is 1. The molecule has 1 unspecified atom stereocenters. The van der Waals surface area contributed by atoms with Crippen LogP contribution in [0.4, 0.5) is 4.79 Å². The number of H-pyrrole nitrogens is 1. The smallest absolute Gasteiger partial charge is 0.457 e. The SMILES string of the molecule is CN(C)CCc1c[nH]c2cccc(OCOC(=O)OC3CCOC3)c12. The Hall–Kier alpha value is -2.25. The molecule has 0 radical (unpaired) electrons. The van der Waals surface area contributed by atoms with Crippen LogP contribution in [0.2, 0.25) is 0 Å². The van der Waals surface area contributed by atoms with Crippen molar-refractivity contribution in [1.29, 1.82) is 0 Å². The van der Waals surface area contributed by atoms with Crippen LogP contribution < -0.4 is 4.74 Å². The zero-order chi connectivity index (χ0) is 17.6. The van der Waals surface area contributed by atoms with E-state index >= 15 is 0 Å². The van der Waals surface area contributed by atoms with Gasteiger partial charge < -0.3 is 28.8 Å². The Balaban J connectivity index is 1.58. The number of aromatic nitrogens is 1. The lowest BCUT2D eigenvalue weighted by Gasteiger charge is -2.12. The van der Waals surface area contributed by atoms with Gasteiger partial charge in [0.25, 0.3) is 0 Å². The molecule has 1 fully saturated rings. The largest absolute Gasteiger partial charge is 0.511 e. The number of rotatable bonds is 7. The van der Waals surface area contributed by atoms with Crippen molar-refractivity contribution in [3.63, 3.8) is 0 Å². The zero-order valence-corrected chi connectivity index (χ0v) is 14.6. The number of likely N-dealkylation sites (N-methyl/N-ethyl adjacent to an activating group) is 1. The van der Waals surface area contributed by atoms with Crippen molar-refractivity contribution in [2.45, 2.75) is 18.9 Å². The molecule has 25 heavy (non-hydrogen) atoms. The zero-order valence-electron chi connectivity index (χ0n) is 14.6. The molecule has 1 aromatic heterocycles. The summed E-state index contributed by atoms with van der Waals surface area (Å²) in [7, 11) is 4.09. The van der Waals surface area contributed by atoms with E-state index in [4.69, 9.17) is 18.9 Å². The van der Waals surface area contributed by atoms with E-state index in [1.807, 2.05) is 38.5 Å². The molecule has 0 spiro atoms. The van der Waals surface area contributed by atoms with Gasteiger partial charge in [0.05, 0.1) is 13.2 Å². The van der Waals surface area contributed by atoms with E-state index in [0.717, 1.165) is 23.9 Å². The summed E-state index contributed by atoms with van der Waals surface area (Å²) in [6.07, 6.45) is 2.64. The Morgan fingerprint density at radius 1 is 1.40 bits per heavy atom. The molecule has 2 heterocycles. The Kier molecular flexibility index (Phi) is 5.78. The first-order valence-corrected chi connectivity index (χ1v) is 8.41. The summed E-state index contributed by atoms with van der Waals surface area (Å²) < 4.78 is 21.0. The molecular weight excluding hydrogens is 324 g/mol. The number of aromatic amines is 1. The van der Waals surface area contributed by atoms with Crippen LogP contribution in [0, 0.1) is 0 Å². The van der Waals surface area contributed by atoms with E-state index < -0.39 is 6.16 Å². The first kappa shape index (κ1) is 17.6. The Morgan fingerprint density at radius 2 is 2.28 bits per heavy atom. The maximum Gasteiger partial charge on any atom is 0.511 e. The standard InChI is InChI=1S/C18H24N2O5/c1-20(2)8-6-13-10-19-15-4-3-5-16(17(13)15)23-12-24-18(21)25-14-7-9-22-11-14/h3-5,10,14,19H,6-9,11-12H2,1-2H3. The van der Waals surface area contributed by atoms with Crippen LogP contribution in [-0.2, 0) is 20.6 Å². The van der Waals surface area contributed by atoms with E-state index in [1.165, 1.54) is 5.56 Å². The van der Waals surface area contributed by atoms with Crippen LogP contribution in [0.5, 0.6) is 5.75 Å². The lowest BCUT2D eigenvalue weighted by molar-refractivity contribution is -0.0163. The predicted octanol–water partition coefficient (Wildman–Crippen LogP) is 2.55. The number of ether oxygens (including phenoxy) is 4. The number of carbonyl (C=O) groups is 1.